The largest absolute Gasteiger partial charge is 0.383 e. The van der Waals surface area contributed by atoms with Crippen LogP contribution in [0, 0.1) is 17.2 Å². The number of nitrogens with two attached hydrogens (primary N) is 1. The maximum absolute atomic E-state index is 8.59. The van der Waals surface area contributed by atoms with Crippen LogP contribution in [0.2, 0.25) is 0 Å². The third-order valence-electron chi connectivity index (χ3n) is 2.16. The van der Waals surface area contributed by atoms with Crippen molar-refractivity contribution in [1.82, 2.24) is 4.90 Å². The molecule has 0 aliphatic heterocycles. The fourth-order valence-electron chi connectivity index (χ4n) is 1.42. The standard InChI is InChI=1S/C11H23N3O/c1-10(2)9-14(6-7-15-3)5-4-11(13)8-12/h10-11H,4-7,9,13H2,1-3H3. The molecule has 0 radical (unpaired) electrons. The van der Waals surface area contributed by atoms with Crippen molar-refractivity contribution in [2.45, 2.75) is 26.3 Å². The summed E-state index contributed by atoms with van der Waals surface area (Å²) >= 11 is 0. The molecule has 15 heavy (non-hydrogen) atoms. The van der Waals surface area contributed by atoms with Gasteiger partial charge >= 0.3 is 0 Å². The fraction of sp³-hybridized carbons (Fsp3) is 0.909. The molecule has 0 aromatic heterocycles. The number of nitrogens with zero attached hydrogens (tertiary/aromatic N) is 2. The first-order valence-corrected chi connectivity index (χ1v) is 5.46. The summed E-state index contributed by atoms with van der Waals surface area (Å²) in [4.78, 5) is 2.30. The van der Waals surface area contributed by atoms with Crippen LogP contribution >= 0.6 is 0 Å². The zero-order chi connectivity index (χ0) is 11.7. The summed E-state index contributed by atoms with van der Waals surface area (Å²) in [5.74, 6) is 0.625. The van der Waals surface area contributed by atoms with E-state index in [-0.39, 0.29) is 6.04 Å². The summed E-state index contributed by atoms with van der Waals surface area (Å²) in [6.45, 7) is 7.91. The van der Waals surface area contributed by atoms with Crippen molar-refractivity contribution in [3.8, 4) is 6.07 Å². The van der Waals surface area contributed by atoms with Gasteiger partial charge in [0.2, 0.25) is 0 Å². The number of methoxy groups -OCH3 is 1. The highest BCUT2D eigenvalue weighted by Gasteiger charge is 2.09. The summed E-state index contributed by atoms with van der Waals surface area (Å²) < 4.78 is 5.05. The van der Waals surface area contributed by atoms with Crippen LogP contribution < -0.4 is 5.73 Å². The molecule has 0 aliphatic rings. The van der Waals surface area contributed by atoms with E-state index in [1.807, 2.05) is 6.07 Å². The van der Waals surface area contributed by atoms with E-state index in [0.29, 0.717) is 5.92 Å². The van der Waals surface area contributed by atoms with Gasteiger partial charge in [0.25, 0.3) is 0 Å². The van der Waals surface area contributed by atoms with E-state index in [9.17, 15) is 0 Å². The number of hydrogen-bond acceptors (Lipinski definition) is 4. The minimum absolute atomic E-state index is 0.345. The van der Waals surface area contributed by atoms with Gasteiger partial charge in [-0.1, -0.05) is 13.8 Å². The lowest BCUT2D eigenvalue weighted by atomic mass is 10.2. The van der Waals surface area contributed by atoms with E-state index in [0.717, 1.165) is 32.7 Å². The van der Waals surface area contributed by atoms with Crippen LogP contribution in [0.15, 0.2) is 0 Å². The van der Waals surface area contributed by atoms with E-state index in [1.165, 1.54) is 0 Å². The molecule has 0 fully saturated rings. The smallest absolute Gasteiger partial charge is 0.0940 e. The van der Waals surface area contributed by atoms with Crippen LogP contribution in [0.25, 0.3) is 0 Å². The summed E-state index contributed by atoms with van der Waals surface area (Å²) in [6.07, 6.45) is 0.729. The Balaban J connectivity index is 3.84. The highest BCUT2D eigenvalue weighted by atomic mass is 16.5. The van der Waals surface area contributed by atoms with E-state index >= 15 is 0 Å². The van der Waals surface area contributed by atoms with Crippen LogP contribution in [-0.2, 0) is 4.74 Å². The minimum Gasteiger partial charge on any atom is -0.383 e. The maximum Gasteiger partial charge on any atom is 0.0940 e. The van der Waals surface area contributed by atoms with Crippen LogP contribution in [0.1, 0.15) is 20.3 Å². The van der Waals surface area contributed by atoms with Gasteiger partial charge in [-0.2, -0.15) is 5.26 Å². The number of hydrogen-bond donors (Lipinski definition) is 1. The molecule has 4 nitrogen and oxygen atoms in total. The number of rotatable bonds is 8. The molecule has 1 unspecified atom stereocenters. The third-order valence-corrected chi connectivity index (χ3v) is 2.16. The van der Waals surface area contributed by atoms with Gasteiger partial charge in [0.1, 0.15) is 0 Å². The van der Waals surface area contributed by atoms with Gasteiger partial charge in [0, 0.05) is 26.7 Å². The normalized spacial score (nSPS) is 13.1. The Morgan fingerprint density at radius 2 is 2.07 bits per heavy atom. The van der Waals surface area contributed by atoms with Gasteiger partial charge in [-0.25, -0.2) is 0 Å². The van der Waals surface area contributed by atoms with Crippen LogP contribution in [0.4, 0.5) is 0 Å². The van der Waals surface area contributed by atoms with Crippen molar-refractivity contribution in [2.24, 2.45) is 11.7 Å². The Hall–Kier alpha value is -0.630. The highest BCUT2D eigenvalue weighted by molar-refractivity contribution is 4.86. The minimum atomic E-state index is -0.345. The second kappa shape index (κ2) is 8.66. The average molecular weight is 213 g/mol. The van der Waals surface area contributed by atoms with Crippen molar-refractivity contribution < 1.29 is 4.74 Å². The zero-order valence-corrected chi connectivity index (χ0v) is 10.1. The zero-order valence-electron chi connectivity index (χ0n) is 10.1. The molecular weight excluding hydrogens is 190 g/mol. The van der Waals surface area contributed by atoms with E-state index in [1.54, 1.807) is 7.11 Å². The van der Waals surface area contributed by atoms with Gasteiger partial charge in [0.05, 0.1) is 18.7 Å². The molecule has 0 saturated carbocycles. The van der Waals surface area contributed by atoms with E-state index in [2.05, 4.69) is 18.7 Å². The Labute approximate surface area is 93.0 Å². The monoisotopic (exact) mass is 213 g/mol. The maximum atomic E-state index is 8.59. The number of nitriles is 1. The van der Waals surface area contributed by atoms with Crippen molar-refractivity contribution in [1.29, 1.82) is 5.26 Å². The predicted molar refractivity (Wildman–Crippen MR) is 61.4 cm³/mol. The van der Waals surface area contributed by atoms with Gasteiger partial charge in [-0.05, 0) is 12.3 Å². The fourth-order valence-corrected chi connectivity index (χ4v) is 1.42. The summed E-state index contributed by atoms with van der Waals surface area (Å²) in [5.41, 5.74) is 5.56. The molecule has 2 N–H and O–H groups in total. The Morgan fingerprint density at radius 3 is 2.53 bits per heavy atom. The first kappa shape index (κ1) is 14.4. The Bertz CT molecular complexity index is 189. The first-order valence-electron chi connectivity index (χ1n) is 5.46. The lowest BCUT2D eigenvalue weighted by Crippen LogP contribution is -2.34. The topological polar surface area (TPSA) is 62.3 Å². The van der Waals surface area contributed by atoms with Crippen LogP contribution in [0.5, 0.6) is 0 Å². The van der Waals surface area contributed by atoms with E-state index in [4.69, 9.17) is 15.7 Å². The third kappa shape index (κ3) is 8.37. The van der Waals surface area contributed by atoms with Crippen molar-refractivity contribution in [3.05, 3.63) is 0 Å². The molecule has 0 aromatic rings. The molecule has 0 aromatic carbocycles. The molecule has 0 bridgehead atoms. The molecule has 0 rings (SSSR count). The molecule has 0 spiro atoms. The second-order valence-electron chi connectivity index (χ2n) is 4.21. The van der Waals surface area contributed by atoms with E-state index < -0.39 is 0 Å². The second-order valence-corrected chi connectivity index (χ2v) is 4.21. The van der Waals surface area contributed by atoms with Gasteiger partial charge in [0.15, 0.2) is 0 Å². The summed E-state index contributed by atoms with van der Waals surface area (Å²) in [5, 5.41) is 8.59. The first-order chi connectivity index (χ1) is 7.10. The lowest BCUT2D eigenvalue weighted by molar-refractivity contribution is 0.138. The molecule has 0 saturated heterocycles. The van der Waals surface area contributed by atoms with Gasteiger partial charge < -0.3 is 15.4 Å². The number of ether oxygens (including phenoxy) is 1. The van der Waals surface area contributed by atoms with Crippen LogP contribution in [0.3, 0.4) is 0 Å². The Kier molecular flexibility index (Phi) is 8.30. The van der Waals surface area contributed by atoms with Crippen LogP contribution in [-0.4, -0.2) is 44.3 Å². The van der Waals surface area contributed by atoms with Gasteiger partial charge in [-0.3, -0.25) is 0 Å². The average Bonchev–Trinajstić information content (AvgIpc) is 2.20. The molecule has 0 amide bonds. The molecule has 0 heterocycles. The van der Waals surface area contributed by atoms with Crippen molar-refractivity contribution >= 4 is 0 Å². The van der Waals surface area contributed by atoms with Gasteiger partial charge in [-0.15, -0.1) is 0 Å². The molecule has 4 heteroatoms. The predicted octanol–water partition coefficient (Wildman–Crippen LogP) is 0.832. The molecule has 1 atom stereocenters. The molecular formula is C11H23N3O. The highest BCUT2D eigenvalue weighted by Crippen LogP contribution is 2.01. The lowest BCUT2D eigenvalue weighted by Gasteiger charge is -2.24. The van der Waals surface area contributed by atoms with Crippen molar-refractivity contribution in [3.63, 3.8) is 0 Å². The summed E-state index contributed by atoms with van der Waals surface area (Å²) in [6, 6.07) is 1.70. The molecule has 88 valence electrons. The van der Waals surface area contributed by atoms with Crippen molar-refractivity contribution in [2.75, 3.05) is 33.4 Å². The summed E-state index contributed by atoms with van der Waals surface area (Å²) in [7, 11) is 1.70. The molecule has 0 aliphatic carbocycles. The Morgan fingerprint density at radius 1 is 1.40 bits per heavy atom. The quantitative estimate of drug-likeness (QED) is 0.649. The SMILES string of the molecule is COCCN(CCC(N)C#N)CC(C)C.